The Kier molecular flexibility index (Phi) is 6.74. The molecule has 0 fully saturated rings. The van der Waals surface area contributed by atoms with Gasteiger partial charge in [0.15, 0.2) is 6.29 Å². The van der Waals surface area contributed by atoms with Crippen molar-refractivity contribution in [3.05, 3.63) is 30.3 Å². The van der Waals surface area contributed by atoms with Gasteiger partial charge in [0.25, 0.3) is 5.77 Å². The van der Waals surface area contributed by atoms with E-state index in [-0.39, 0.29) is 6.10 Å². The molecule has 0 saturated heterocycles. The molecular weight excluding hydrogens is 305 g/mol. The molecule has 4 nitrogen and oxygen atoms in total. The zero-order valence-corrected chi connectivity index (χ0v) is 13.6. The maximum Gasteiger partial charge on any atom is 0.268 e. The lowest BCUT2D eigenvalue weighted by Crippen LogP contribution is -2.38. The lowest BCUT2D eigenvalue weighted by Gasteiger charge is -2.26. The molecule has 0 aliphatic heterocycles. The Morgan fingerprint density at radius 2 is 1.84 bits per heavy atom. The summed E-state index contributed by atoms with van der Waals surface area (Å²) in [6.07, 6.45) is -1.07. The molecule has 1 aromatic rings. The maximum atomic E-state index is 9.79. The highest BCUT2D eigenvalue weighted by Crippen LogP contribution is 2.49. The summed E-state index contributed by atoms with van der Waals surface area (Å²) in [6.45, 7) is 5.42. The van der Waals surface area contributed by atoms with Crippen LogP contribution in [0.2, 0.25) is 0 Å². The van der Waals surface area contributed by atoms with Crippen LogP contribution in [0.1, 0.15) is 20.8 Å². The van der Waals surface area contributed by atoms with Gasteiger partial charge in [-0.05, 0) is 56.0 Å². The molecular formula is C12H19ClNO3PS. The van der Waals surface area contributed by atoms with E-state index in [9.17, 15) is 5.11 Å². The number of hydrogen-bond donors (Lipinski definition) is 2. The second kappa shape index (κ2) is 7.58. The highest BCUT2D eigenvalue weighted by molar-refractivity contribution is 8.23. The second-order valence-corrected chi connectivity index (χ2v) is 9.35. The number of aliphatic hydroxyl groups is 1. The van der Waals surface area contributed by atoms with E-state index in [1.165, 1.54) is 0 Å². The van der Waals surface area contributed by atoms with E-state index in [1.807, 2.05) is 32.0 Å². The van der Waals surface area contributed by atoms with Crippen LogP contribution in [-0.4, -0.2) is 23.5 Å². The number of ether oxygens (including phenoxy) is 1. The fraction of sp³-hybridized carbons (Fsp3) is 0.500. The van der Waals surface area contributed by atoms with Crippen LogP contribution >= 0.6 is 17.0 Å². The molecule has 0 aromatic heterocycles. The fourth-order valence-electron chi connectivity index (χ4n) is 1.35. The summed E-state index contributed by atoms with van der Waals surface area (Å²) in [7, 11) is 0. The molecule has 0 saturated carbocycles. The van der Waals surface area contributed by atoms with Gasteiger partial charge in [0.1, 0.15) is 5.75 Å². The normalized spacial score (nSPS) is 17.8. The van der Waals surface area contributed by atoms with Gasteiger partial charge in [-0.3, -0.25) is 0 Å². The third-order valence-corrected chi connectivity index (χ3v) is 4.36. The highest BCUT2D eigenvalue weighted by Gasteiger charge is 2.24. The lowest BCUT2D eigenvalue weighted by atomic mass is 10.3. The SMILES string of the molecule is CC(C)OC(O)C(C)NP(=S)(Cl)Oc1ccccc1. The Morgan fingerprint density at radius 3 is 2.37 bits per heavy atom. The Hall–Kier alpha value is -0.160. The summed E-state index contributed by atoms with van der Waals surface area (Å²) in [6, 6.07) is 8.67. The van der Waals surface area contributed by atoms with Gasteiger partial charge in [-0.1, -0.05) is 18.2 Å². The summed E-state index contributed by atoms with van der Waals surface area (Å²) in [5.41, 5.74) is 0. The average Bonchev–Trinajstić information content (AvgIpc) is 2.27. The summed E-state index contributed by atoms with van der Waals surface area (Å²) in [5, 5.41) is 12.7. The molecule has 1 rings (SSSR count). The van der Waals surface area contributed by atoms with Crippen LogP contribution in [0.3, 0.4) is 0 Å². The number of halogens is 1. The number of rotatable bonds is 7. The maximum absolute atomic E-state index is 9.79. The summed E-state index contributed by atoms with van der Waals surface area (Å²) < 4.78 is 10.8. The number of aliphatic hydroxyl groups excluding tert-OH is 1. The average molecular weight is 324 g/mol. The molecule has 0 amide bonds. The third-order valence-electron chi connectivity index (χ3n) is 2.16. The van der Waals surface area contributed by atoms with Crippen molar-refractivity contribution in [2.24, 2.45) is 0 Å². The highest BCUT2D eigenvalue weighted by atomic mass is 35.7. The molecule has 19 heavy (non-hydrogen) atoms. The van der Waals surface area contributed by atoms with Gasteiger partial charge in [0, 0.05) is 0 Å². The van der Waals surface area contributed by atoms with Crippen LogP contribution in [0.25, 0.3) is 0 Å². The van der Waals surface area contributed by atoms with E-state index in [0.717, 1.165) is 0 Å². The van der Waals surface area contributed by atoms with E-state index in [2.05, 4.69) is 5.09 Å². The summed E-state index contributed by atoms with van der Waals surface area (Å²) in [4.78, 5) is 0. The van der Waals surface area contributed by atoms with Gasteiger partial charge in [0.05, 0.1) is 12.1 Å². The summed E-state index contributed by atoms with van der Waals surface area (Å²) in [5.74, 6) is -2.16. The minimum Gasteiger partial charge on any atom is -0.441 e. The Bertz CT molecular complexity index is 432. The van der Waals surface area contributed by atoms with Crippen molar-refractivity contribution in [1.82, 2.24) is 5.09 Å². The van der Waals surface area contributed by atoms with Crippen LogP contribution in [0.4, 0.5) is 0 Å². The largest absolute Gasteiger partial charge is 0.441 e. The molecule has 0 spiro atoms. The van der Waals surface area contributed by atoms with Crippen LogP contribution < -0.4 is 9.61 Å². The Balaban J connectivity index is 2.56. The molecule has 7 heteroatoms. The summed E-state index contributed by atoms with van der Waals surface area (Å²) >= 11 is 11.4. The topological polar surface area (TPSA) is 50.7 Å². The Morgan fingerprint density at radius 1 is 1.26 bits per heavy atom. The number of benzene rings is 1. The van der Waals surface area contributed by atoms with Gasteiger partial charge in [0.2, 0.25) is 0 Å². The molecule has 2 N–H and O–H groups in total. The van der Waals surface area contributed by atoms with Crippen molar-refractivity contribution in [3.63, 3.8) is 0 Å². The minimum atomic E-state index is -2.75. The van der Waals surface area contributed by atoms with E-state index in [1.54, 1.807) is 19.1 Å². The minimum absolute atomic E-state index is 0.0810. The van der Waals surface area contributed by atoms with Gasteiger partial charge in [-0.25, -0.2) is 5.09 Å². The van der Waals surface area contributed by atoms with Crippen molar-refractivity contribution in [2.45, 2.75) is 39.2 Å². The second-order valence-electron chi connectivity index (χ2n) is 4.38. The van der Waals surface area contributed by atoms with Crippen molar-refractivity contribution in [3.8, 4) is 5.75 Å². The number of para-hydroxylation sites is 1. The standard InChI is InChI=1S/C12H19ClNO3PS/c1-9(2)16-12(15)10(3)14-18(13,19)17-11-7-5-4-6-8-11/h4-10,12,15H,1-3H3,(H,14,19). The van der Waals surface area contributed by atoms with Crippen LogP contribution in [0.5, 0.6) is 5.75 Å². The predicted molar refractivity (Wildman–Crippen MR) is 82.0 cm³/mol. The first-order chi connectivity index (χ1) is 8.80. The van der Waals surface area contributed by atoms with Crippen LogP contribution in [0.15, 0.2) is 30.3 Å². The lowest BCUT2D eigenvalue weighted by molar-refractivity contribution is -0.137. The first kappa shape index (κ1) is 16.9. The Labute approximate surface area is 124 Å². The molecule has 0 aliphatic rings. The van der Waals surface area contributed by atoms with E-state index < -0.39 is 18.1 Å². The number of hydrogen-bond acceptors (Lipinski definition) is 4. The zero-order valence-electron chi connectivity index (χ0n) is 11.1. The molecule has 3 atom stereocenters. The van der Waals surface area contributed by atoms with Crippen LogP contribution in [0, 0.1) is 0 Å². The van der Waals surface area contributed by atoms with Crippen molar-refractivity contribution in [2.75, 3.05) is 0 Å². The smallest absolute Gasteiger partial charge is 0.268 e. The van der Waals surface area contributed by atoms with Gasteiger partial charge in [-0.2, -0.15) is 0 Å². The molecule has 108 valence electrons. The van der Waals surface area contributed by atoms with Gasteiger partial charge >= 0.3 is 0 Å². The first-order valence-electron chi connectivity index (χ1n) is 5.96. The monoisotopic (exact) mass is 323 g/mol. The molecule has 0 heterocycles. The molecule has 0 radical (unpaired) electrons. The van der Waals surface area contributed by atoms with E-state index in [0.29, 0.717) is 5.75 Å². The van der Waals surface area contributed by atoms with Gasteiger partial charge in [-0.15, -0.1) is 0 Å². The van der Waals surface area contributed by atoms with E-state index >= 15 is 0 Å². The van der Waals surface area contributed by atoms with Gasteiger partial charge < -0.3 is 14.4 Å². The molecule has 0 bridgehead atoms. The molecule has 0 aliphatic carbocycles. The number of nitrogens with one attached hydrogen (secondary N) is 1. The zero-order chi connectivity index (χ0) is 14.5. The van der Waals surface area contributed by atoms with Crippen LogP contribution in [-0.2, 0) is 16.5 Å². The van der Waals surface area contributed by atoms with Crippen molar-refractivity contribution < 1.29 is 14.4 Å². The van der Waals surface area contributed by atoms with Crippen molar-refractivity contribution in [1.29, 1.82) is 0 Å². The fourth-order valence-corrected chi connectivity index (χ4v) is 3.86. The first-order valence-corrected chi connectivity index (χ1v) is 9.58. The van der Waals surface area contributed by atoms with Crippen molar-refractivity contribution >= 4 is 28.8 Å². The van der Waals surface area contributed by atoms with E-state index in [4.69, 9.17) is 32.3 Å². The molecule has 1 aromatic carbocycles. The predicted octanol–water partition coefficient (Wildman–Crippen LogP) is 3.25. The third kappa shape index (κ3) is 6.70. The molecule has 3 unspecified atom stereocenters. The quantitative estimate of drug-likeness (QED) is 0.596.